The number of carboxylic acids is 1. The molecular formula is C15H6Cl3FO2S. The second-order valence-corrected chi connectivity index (χ2v) is 6.80. The highest BCUT2D eigenvalue weighted by Crippen LogP contribution is 2.42. The Morgan fingerprint density at radius 2 is 1.77 bits per heavy atom. The van der Waals surface area contributed by atoms with Gasteiger partial charge in [0, 0.05) is 26.2 Å². The number of carboxylic acid groups (broad SMARTS) is 1. The molecule has 0 saturated carbocycles. The maximum atomic E-state index is 14.3. The summed E-state index contributed by atoms with van der Waals surface area (Å²) in [6, 6.07) is 7.35. The van der Waals surface area contributed by atoms with E-state index in [1.165, 1.54) is 6.07 Å². The topological polar surface area (TPSA) is 37.3 Å². The quantitative estimate of drug-likeness (QED) is 0.529. The lowest BCUT2D eigenvalue weighted by atomic mass is 10.0. The van der Waals surface area contributed by atoms with Crippen LogP contribution >= 0.6 is 46.1 Å². The number of fused-ring (bicyclic) bond motifs is 1. The SMILES string of the molecule is O=C(O)c1sc2cc(Cl)ccc2c1-c1cc(Cl)c(Cl)cc1F. The Bertz CT molecular complexity index is 921. The Morgan fingerprint density at radius 3 is 2.45 bits per heavy atom. The maximum absolute atomic E-state index is 14.3. The summed E-state index contributed by atoms with van der Waals surface area (Å²) in [4.78, 5) is 11.5. The fourth-order valence-electron chi connectivity index (χ4n) is 2.20. The van der Waals surface area contributed by atoms with Crippen molar-refractivity contribution in [2.75, 3.05) is 0 Å². The number of hydrogen-bond donors (Lipinski definition) is 1. The highest BCUT2D eigenvalue weighted by atomic mass is 35.5. The molecule has 2 aromatic carbocycles. The molecule has 0 bridgehead atoms. The van der Waals surface area contributed by atoms with E-state index in [4.69, 9.17) is 34.8 Å². The lowest BCUT2D eigenvalue weighted by Gasteiger charge is -2.06. The van der Waals surface area contributed by atoms with Crippen LogP contribution in [-0.2, 0) is 0 Å². The smallest absolute Gasteiger partial charge is 0.346 e. The van der Waals surface area contributed by atoms with Crippen molar-refractivity contribution < 1.29 is 14.3 Å². The van der Waals surface area contributed by atoms with Crippen molar-refractivity contribution in [3.05, 3.63) is 56.1 Å². The van der Waals surface area contributed by atoms with Crippen LogP contribution in [0.5, 0.6) is 0 Å². The molecule has 2 nitrogen and oxygen atoms in total. The van der Waals surface area contributed by atoms with E-state index in [9.17, 15) is 14.3 Å². The molecular weight excluding hydrogens is 370 g/mol. The molecule has 0 unspecified atom stereocenters. The van der Waals surface area contributed by atoms with Gasteiger partial charge in [-0.3, -0.25) is 0 Å². The summed E-state index contributed by atoms with van der Waals surface area (Å²) in [7, 11) is 0. The molecule has 0 spiro atoms. The molecule has 22 heavy (non-hydrogen) atoms. The molecule has 1 aromatic heterocycles. The third kappa shape index (κ3) is 2.57. The van der Waals surface area contributed by atoms with Crippen molar-refractivity contribution in [3.63, 3.8) is 0 Å². The van der Waals surface area contributed by atoms with Crippen LogP contribution in [-0.4, -0.2) is 11.1 Å². The molecule has 112 valence electrons. The zero-order valence-corrected chi connectivity index (χ0v) is 13.7. The number of rotatable bonds is 2. The highest BCUT2D eigenvalue weighted by Gasteiger charge is 2.22. The van der Waals surface area contributed by atoms with Gasteiger partial charge in [0.25, 0.3) is 0 Å². The summed E-state index contributed by atoms with van der Waals surface area (Å²) in [5, 5.41) is 10.7. The Morgan fingerprint density at radius 1 is 1.09 bits per heavy atom. The molecule has 0 fully saturated rings. The summed E-state index contributed by atoms with van der Waals surface area (Å²) < 4.78 is 14.9. The van der Waals surface area contributed by atoms with E-state index in [0.717, 1.165) is 17.4 Å². The zero-order chi connectivity index (χ0) is 16.0. The van der Waals surface area contributed by atoms with Crippen LogP contribution in [0.2, 0.25) is 15.1 Å². The predicted octanol–water partition coefficient (Wildman–Crippen LogP) is 6.37. The van der Waals surface area contributed by atoms with Crippen LogP contribution in [0.15, 0.2) is 30.3 Å². The monoisotopic (exact) mass is 374 g/mol. The van der Waals surface area contributed by atoms with Gasteiger partial charge in [0.15, 0.2) is 0 Å². The first-order valence-electron chi connectivity index (χ1n) is 5.98. The summed E-state index contributed by atoms with van der Waals surface area (Å²) >= 11 is 18.7. The minimum Gasteiger partial charge on any atom is -0.477 e. The van der Waals surface area contributed by atoms with Crippen molar-refractivity contribution in [2.24, 2.45) is 0 Å². The summed E-state index contributed by atoms with van der Waals surface area (Å²) in [5.41, 5.74) is 0.376. The molecule has 3 aromatic rings. The predicted molar refractivity (Wildman–Crippen MR) is 89.2 cm³/mol. The van der Waals surface area contributed by atoms with Gasteiger partial charge < -0.3 is 5.11 Å². The summed E-state index contributed by atoms with van der Waals surface area (Å²) in [5.74, 6) is -1.77. The van der Waals surface area contributed by atoms with E-state index in [-0.39, 0.29) is 26.0 Å². The molecule has 0 aliphatic heterocycles. The average Bonchev–Trinajstić information content (AvgIpc) is 2.81. The lowest BCUT2D eigenvalue weighted by molar-refractivity contribution is 0.0703. The fourth-order valence-corrected chi connectivity index (χ4v) is 3.85. The average molecular weight is 376 g/mol. The van der Waals surface area contributed by atoms with Gasteiger partial charge in [-0.15, -0.1) is 11.3 Å². The number of halogens is 4. The van der Waals surface area contributed by atoms with Crippen LogP contribution in [0.1, 0.15) is 9.67 Å². The molecule has 0 aliphatic rings. The van der Waals surface area contributed by atoms with E-state index in [1.807, 2.05) is 0 Å². The van der Waals surface area contributed by atoms with Crippen LogP contribution in [0.4, 0.5) is 4.39 Å². The van der Waals surface area contributed by atoms with Crippen LogP contribution in [0.3, 0.4) is 0 Å². The molecule has 0 radical (unpaired) electrons. The highest BCUT2D eigenvalue weighted by molar-refractivity contribution is 7.21. The normalized spacial score (nSPS) is 11.1. The zero-order valence-electron chi connectivity index (χ0n) is 10.7. The van der Waals surface area contributed by atoms with Gasteiger partial charge in [-0.05, 0) is 24.3 Å². The van der Waals surface area contributed by atoms with Gasteiger partial charge in [-0.25, -0.2) is 9.18 Å². The number of hydrogen-bond acceptors (Lipinski definition) is 2. The minimum absolute atomic E-state index is 0.0227. The van der Waals surface area contributed by atoms with E-state index in [1.54, 1.807) is 18.2 Å². The largest absolute Gasteiger partial charge is 0.477 e. The number of aromatic carboxylic acids is 1. The Labute approximate surface area is 143 Å². The molecule has 7 heteroatoms. The molecule has 0 amide bonds. The first kappa shape index (κ1) is 15.6. The second-order valence-electron chi connectivity index (χ2n) is 4.50. The lowest BCUT2D eigenvalue weighted by Crippen LogP contribution is -1.96. The summed E-state index contributed by atoms with van der Waals surface area (Å²) in [6.07, 6.45) is 0. The van der Waals surface area contributed by atoms with E-state index < -0.39 is 11.8 Å². The van der Waals surface area contributed by atoms with Crippen LogP contribution in [0.25, 0.3) is 21.2 Å². The third-order valence-corrected chi connectivity index (χ3v) is 5.22. The van der Waals surface area contributed by atoms with Gasteiger partial charge in [0.05, 0.1) is 10.0 Å². The molecule has 0 atom stereocenters. The number of benzene rings is 2. The van der Waals surface area contributed by atoms with Crippen LogP contribution < -0.4 is 0 Å². The Kier molecular flexibility index (Phi) is 4.03. The van der Waals surface area contributed by atoms with Crippen LogP contribution in [0, 0.1) is 5.82 Å². The molecule has 0 aliphatic carbocycles. The van der Waals surface area contributed by atoms with Gasteiger partial charge in [0.2, 0.25) is 0 Å². The molecule has 3 rings (SSSR count). The van der Waals surface area contributed by atoms with E-state index in [2.05, 4.69) is 0 Å². The first-order valence-corrected chi connectivity index (χ1v) is 7.94. The van der Waals surface area contributed by atoms with Crippen molar-refractivity contribution in [1.82, 2.24) is 0 Å². The standard InChI is InChI=1S/C15H6Cl3FO2S/c16-6-1-2-7-12(3-6)22-14(15(20)21)13(7)8-4-9(17)10(18)5-11(8)19/h1-5H,(H,20,21). The fraction of sp³-hybridized carbons (Fsp3) is 0. The van der Waals surface area contributed by atoms with Crippen molar-refractivity contribution >= 4 is 62.2 Å². The van der Waals surface area contributed by atoms with Gasteiger partial charge in [0.1, 0.15) is 10.7 Å². The Hall–Kier alpha value is -1.33. The van der Waals surface area contributed by atoms with Gasteiger partial charge in [-0.2, -0.15) is 0 Å². The third-order valence-electron chi connectivity index (χ3n) is 3.13. The molecule has 0 saturated heterocycles. The van der Waals surface area contributed by atoms with Gasteiger partial charge >= 0.3 is 5.97 Å². The number of carbonyl (C=O) groups is 1. The molecule has 1 N–H and O–H groups in total. The maximum Gasteiger partial charge on any atom is 0.346 e. The summed E-state index contributed by atoms with van der Waals surface area (Å²) in [6.45, 7) is 0. The first-order chi connectivity index (χ1) is 10.4. The van der Waals surface area contributed by atoms with E-state index >= 15 is 0 Å². The molecule has 1 heterocycles. The van der Waals surface area contributed by atoms with Gasteiger partial charge in [-0.1, -0.05) is 40.9 Å². The van der Waals surface area contributed by atoms with Crippen molar-refractivity contribution in [2.45, 2.75) is 0 Å². The number of thiophene rings is 1. The minimum atomic E-state index is -1.14. The van der Waals surface area contributed by atoms with Crippen molar-refractivity contribution in [3.8, 4) is 11.1 Å². The van der Waals surface area contributed by atoms with Crippen molar-refractivity contribution in [1.29, 1.82) is 0 Å². The Balaban J connectivity index is 2.41. The van der Waals surface area contributed by atoms with E-state index in [0.29, 0.717) is 15.1 Å². The second kappa shape index (κ2) is 5.70.